The summed E-state index contributed by atoms with van der Waals surface area (Å²) in [6, 6.07) is 4.93. The molecule has 0 spiro atoms. The molecule has 24 heavy (non-hydrogen) atoms. The number of allylic oxidation sites excluding steroid dienone is 4. The highest BCUT2D eigenvalue weighted by Crippen LogP contribution is 2.36. The number of methoxy groups -OCH3 is 2. The van der Waals surface area contributed by atoms with Gasteiger partial charge in [0.1, 0.15) is 12.4 Å². The van der Waals surface area contributed by atoms with Gasteiger partial charge in [-0.2, -0.15) is 0 Å². The molecule has 0 amide bonds. The average molecular weight is 328 g/mol. The molecule has 5 heteroatoms. The van der Waals surface area contributed by atoms with Crippen molar-refractivity contribution >= 4 is 16.5 Å². The van der Waals surface area contributed by atoms with Crippen LogP contribution in [0.25, 0.3) is 16.5 Å². The van der Waals surface area contributed by atoms with Gasteiger partial charge in [-0.15, -0.1) is 0 Å². The Bertz CT molecular complexity index is 845. The molecule has 0 aliphatic heterocycles. The van der Waals surface area contributed by atoms with Gasteiger partial charge in [-0.05, 0) is 25.0 Å². The van der Waals surface area contributed by atoms with Gasteiger partial charge in [-0.25, -0.2) is 0 Å². The monoisotopic (exact) mass is 328 g/mol. The van der Waals surface area contributed by atoms with Gasteiger partial charge in [0.15, 0.2) is 16.8 Å². The molecular formula is C19H20O5. The molecule has 0 saturated heterocycles. The number of hydrogen-bond acceptors (Lipinski definition) is 5. The van der Waals surface area contributed by atoms with E-state index in [1.807, 2.05) is 6.08 Å². The van der Waals surface area contributed by atoms with Crippen molar-refractivity contribution in [2.24, 2.45) is 0 Å². The van der Waals surface area contributed by atoms with Crippen molar-refractivity contribution < 1.29 is 18.6 Å². The lowest BCUT2D eigenvalue weighted by molar-refractivity contribution is 0.144. The fraction of sp³-hybridized carbons (Fsp3) is 0.316. The zero-order valence-corrected chi connectivity index (χ0v) is 13.8. The Morgan fingerprint density at radius 2 is 2.04 bits per heavy atom. The first-order valence-corrected chi connectivity index (χ1v) is 7.88. The predicted octanol–water partition coefficient (Wildman–Crippen LogP) is 3.56. The fourth-order valence-electron chi connectivity index (χ4n) is 2.66. The number of hydrogen-bond donors (Lipinski definition) is 0. The lowest BCUT2D eigenvalue weighted by Crippen LogP contribution is -2.07. The summed E-state index contributed by atoms with van der Waals surface area (Å²) in [6.45, 7) is 0.846. The van der Waals surface area contributed by atoms with Crippen LogP contribution < -0.4 is 14.9 Å². The van der Waals surface area contributed by atoms with Crippen LogP contribution in [0, 0.1) is 0 Å². The smallest absolute Gasteiger partial charge is 0.204 e. The molecule has 1 heterocycles. The van der Waals surface area contributed by atoms with Crippen LogP contribution in [0.1, 0.15) is 18.6 Å². The van der Waals surface area contributed by atoms with Crippen LogP contribution in [0.2, 0.25) is 0 Å². The molecule has 126 valence electrons. The van der Waals surface area contributed by atoms with Crippen molar-refractivity contribution in [3.63, 3.8) is 0 Å². The Morgan fingerprint density at radius 3 is 2.75 bits per heavy atom. The molecule has 0 saturated carbocycles. The molecular weight excluding hydrogens is 308 g/mol. The third-order valence-electron chi connectivity index (χ3n) is 3.84. The normalized spacial score (nSPS) is 13.8. The van der Waals surface area contributed by atoms with Crippen LogP contribution in [-0.4, -0.2) is 27.4 Å². The van der Waals surface area contributed by atoms with Crippen LogP contribution in [-0.2, 0) is 4.74 Å². The topological polar surface area (TPSA) is 57.9 Å². The van der Waals surface area contributed by atoms with E-state index in [-0.39, 0.29) is 5.43 Å². The van der Waals surface area contributed by atoms with Gasteiger partial charge in [0.2, 0.25) is 5.75 Å². The highest BCUT2D eigenvalue weighted by atomic mass is 16.5. The SMILES string of the molecule is COCCOc1ccc2c(=O)cc(C3=CCCC=C3)oc2c1OC. The molecule has 0 atom stereocenters. The minimum Gasteiger partial charge on any atom is -0.490 e. The van der Waals surface area contributed by atoms with Gasteiger partial charge in [-0.3, -0.25) is 4.79 Å². The number of ether oxygens (including phenoxy) is 3. The zero-order valence-electron chi connectivity index (χ0n) is 13.8. The second kappa shape index (κ2) is 7.36. The van der Waals surface area contributed by atoms with Gasteiger partial charge in [0.25, 0.3) is 0 Å². The second-order valence-corrected chi connectivity index (χ2v) is 5.43. The molecule has 2 aromatic rings. The van der Waals surface area contributed by atoms with E-state index < -0.39 is 0 Å². The van der Waals surface area contributed by atoms with Gasteiger partial charge in [-0.1, -0.05) is 18.2 Å². The number of benzene rings is 1. The molecule has 0 radical (unpaired) electrons. The Hall–Kier alpha value is -2.53. The highest BCUT2D eigenvalue weighted by Gasteiger charge is 2.16. The molecule has 3 rings (SSSR count). The summed E-state index contributed by atoms with van der Waals surface area (Å²) in [5, 5.41) is 0.468. The first kappa shape index (κ1) is 16.3. The first-order chi connectivity index (χ1) is 11.7. The average Bonchev–Trinajstić information content (AvgIpc) is 2.62. The van der Waals surface area contributed by atoms with Gasteiger partial charge >= 0.3 is 0 Å². The van der Waals surface area contributed by atoms with Crippen molar-refractivity contribution in [2.75, 3.05) is 27.4 Å². The van der Waals surface area contributed by atoms with Gasteiger partial charge in [0.05, 0.1) is 19.1 Å². The number of fused-ring (bicyclic) bond motifs is 1. The summed E-state index contributed by atoms with van der Waals surface area (Å²) in [6.07, 6.45) is 8.04. The van der Waals surface area contributed by atoms with Crippen LogP contribution in [0.5, 0.6) is 11.5 Å². The van der Waals surface area contributed by atoms with Crippen molar-refractivity contribution in [3.8, 4) is 11.5 Å². The van der Waals surface area contributed by atoms with E-state index >= 15 is 0 Å². The van der Waals surface area contributed by atoms with E-state index in [0.717, 1.165) is 18.4 Å². The van der Waals surface area contributed by atoms with Crippen LogP contribution in [0.3, 0.4) is 0 Å². The van der Waals surface area contributed by atoms with E-state index in [9.17, 15) is 4.79 Å². The summed E-state index contributed by atoms with van der Waals surface area (Å²) < 4.78 is 22.1. The largest absolute Gasteiger partial charge is 0.490 e. The molecule has 0 bridgehead atoms. The van der Waals surface area contributed by atoms with Crippen molar-refractivity contribution in [1.82, 2.24) is 0 Å². The Labute approximate surface area is 140 Å². The third-order valence-corrected chi connectivity index (χ3v) is 3.84. The van der Waals surface area contributed by atoms with Gasteiger partial charge in [0, 0.05) is 18.7 Å². The lowest BCUT2D eigenvalue weighted by Gasteiger charge is -2.13. The standard InChI is InChI=1S/C19H20O5/c1-21-10-11-23-16-9-8-14-15(20)12-17(13-6-4-3-5-7-13)24-18(14)19(16)22-2/h4,6-9,12H,3,5,10-11H2,1-2H3. The van der Waals surface area contributed by atoms with Crippen molar-refractivity contribution in [2.45, 2.75) is 12.8 Å². The molecule has 5 nitrogen and oxygen atoms in total. The lowest BCUT2D eigenvalue weighted by atomic mass is 10.0. The zero-order chi connectivity index (χ0) is 16.9. The maximum absolute atomic E-state index is 12.5. The maximum atomic E-state index is 12.5. The summed E-state index contributed by atoms with van der Waals surface area (Å²) in [5.74, 6) is 1.48. The molecule has 0 N–H and O–H groups in total. The van der Waals surface area contributed by atoms with E-state index in [0.29, 0.717) is 41.4 Å². The molecule has 1 aromatic carbocycles. The van der Waals surface area contributed by atoms with Gasteiger partial charge < -0.3 is 18.6 Å². The Balaban J connectivity index is 2.10. The minimum atomic E-state index is -0.104. The predicted molar refractivity (Wildman–Crippen MR) is 92.8 cm³/mol. The first-order valence-electron chi connectivity index (χ1n) is 7.88. The summed E-state index contributed by atoms with van der Waals surface area (Å²) >= 11 is 0. The quantitative estimate of drug-likeness (QED) is 0.759. The Kier molecular flexibility index (Phi) is 5.01. The Morgan fingerprint density at radius 1 is 1.17 bits per heavy atom. The summed E-state index contributed by atoms with van der Waals surface area (Å²) in [4.78, 5) is 12.5. The third kappa shape index (κ3) is 3.21. The van der Waals surface area contributed by atoms with Crippen LogP contribution >= 0.6 is 0 Å². The molecule has 0 fully saturated rings. The van der Waals surface area contributed by atoms with Crippen LogP contribution in [0.15, 0.2) is 45.6 Å². The van der Waals surface area contributed by atoms with Crippen molar-refractivity contribution in [3.05, 3.63) is 52.4 Å². The number of rotatable bonds is 6. The van der Waals surface area contributed by atoms with E-state index in [2.05, 4.69) is 12.2 Å². The van der Waals surface area contributed by atoms with E-state index in [1.165, 1.54) is 13.2 Å². The molecule has 1 aromatic heterocycles. The summed E-state index contributed by atoms with van der Waals surface area (Å²) in [5.41, 5.74) is 1.20. The molecule has 1 aliphatic rings. The fourth-order valence-corrected chi connectivity index (χ4v) is 2.66. The second-order valence-electron chi connectivity index (χ2n) is 5.43. The molecule has 0 unspecified atom stereocenters. The minimum absolute atomic E-state index is 0.104. The maximum Gasteiger partial charge on any atom is 0.204 e. The molecule has 1 aliphatic carbocycles. The van der Waals surface area contributed by atoms with Crippen molar-refractivity contribution in [1.29, 1.82) is 0 Å². The summed E-state index contributed by atoms with van der Waals surface area (Å²) in [7, 11) is 3.14. The van der Waals surface area contributed by atoms with E-state index in [4.69, 9.17) is 18.6 Å². The highest BCUT2D eigenvalue weighted by molar-refractivity contribution is 5.87. The van der Waals surface area contributed by atoms with Crippen LogP contribution in [0.4, 0.5) is 0 Å². The van der Waals surface area contributed by atoms with E-state index in [1.54, 1.807) is 19.2 Å².